The molecular formula is C98H156O24. The molecule has 10 rings (SSSR count). The molecule has 1 aliphatic heterocycles. The van der Waals surface area contributed by atoms with Crippen molar-refractivity contribution in [3.05, 3.63) is 83.9 Å². The van der Waals surface area contributed by atoms with Crippen molar-refractivity contribution in [1.82, 2.24) is 0 Å². The van der Waals surface area contributed by atoms with Crippen LogP contribution in [0.15, 0.2) is 72.8 Å². The van der Waals surface area contributed by atoms with Gasteiger partial charge in [0.2, 0.25) is 18.9 Å². The molecule has 4 N–H and O–H groups in total. The van der Waals surface area contributed by atoms with Gasteiger partial charge in [0.15, 0.2) is 18.6 Å². The van der Waals surface area contributed by atoms with Gasteiger partial charge in [-0.2, -0.15) is 0 Å². The van der Waals surface area contributed by atoms with Gasteiger partial charge >= 0.3 is 53.7 Å². The van der Waals surface area contributed by atoms with E-state index >= 15 is 0 Å². The Balaban J connectivity index is 0.000000391. The van der Waals surface area contributed by atoms with E-state index in [-0.39, 0.29) is 65.5 Å². The van der Waals surface area contributed by atoms with Gasteiger partial charge in [-0.3, -0.25) is 33.6 Å². The lowest BCUT2D eigenvalue weighted by Crippen LogP contribution is -2.53. The molecule has 7 aliphatic rings. The summed E-state index contributed by atoms with van der Waals surface area (Å²) in [5, 5.41) is 35.5. The van der Waals surface area contributed by atoms with Crippen molar-refractivity contribution in [1.29, 1.82) is 0 Å². The van der Waals surface area contributed by atoms with Gasteiger partial charge in [-0.15, -0.1) is 0 Å². The number of aromatic hydroxyl groups is 3. The lowest BCUT2D eigenvalue weighted by molar-refractivity contribution is -0.238. The number of carboxylic acid groups (broad SMARTS) is 1. The number of phenolic OH excluding ortho intramolecular Hbond substituents is 3. The highest BCUT2D eigenvalue weighted by molar-refractivity contribution is 6.03. The molecule has 24 heteroatoms. The summed E-state index contributed by atoms with van der Waals surface area (Å²) in [4.78, 5) is 109. The maximum Gasteiger partial charge on any atom is 0.346 e. The second kappa shape index (κ2) is 48.6. The number of hydrogen-bond donors (Lipinski definition) is 4. The molecule has 10 atom stereocenters. The number of phenols is 3. The topological polar surface area (TPSA) is 336 Å². The molecule has 0 radical (unpaired) electrons. The number of benzene rings is 3. The third-order valence-corrected chi connectivity index (χ3v) is 26.6. The summed E-state index contributed by atoms with van der Waals surface area (Å²) in [6, 6.07) is 21.0. The van der Waals surface area contributed by atoms with E-state index in [0.29, 0.717) is 61.4 Å². The molecule has 1 saturated heterocycles. The highest BCUT2D eigenvalue weighted by Crippen LogP contribution is 2.64. The van der Waals surface area contributed by atoms with E-state index in [1.807, 2.05) is 156 Å². The summed E-state index contributed by atoms with van der Waals surface area (Å²) >= 11 is 0. The molecule has 0 amide bonds. The summed E-state index contributed by atoms with van der Waals surface area (Å²) in [5.74, 6) is -0.164. The molecule has 3 aromatic carbocycles. The minimum absolute atomic E-state index is 0.0359. The Kier molecular flexibility index (Phi) is 43.2. The van der Waals surface area contributed by atoms with Crippen molar-refractivity contribution in [2.24, 2.45) is 78.8 Å². The van der Waals surface area contributed by atoms with Crippen LogP contribution >= 0.6 is 0 Å². The maximum absolute atomic E-state index is 13.6. The minimum Gasteiger partial charge on any atom is -0.508 e. The fraction of sp³-hybridized carbons (Fsp3) is 0.724. The molecule has 7 fully saturated rings. The second-order valence-corrected chi connectivity index (χ2v) is 38.1. The average molecular weight is 1720 g/mol. The quantitative estimate of drug-likeness (QED) is 0.0140. The summed E-state index contributed by atoms with van der Waals surface area (Å²) < 4.78 is 60.8. The van der Waals surface area contributed by atoms with Crippen molar-refractivity contribution in [3.63, 3.8) is 0 Å². The van der Waals surface area contributed by atoms with Crippen molar-refractivity contribution in [3.8, 4) is 23.0 Å². The predicted octanol–water partition coefficient (Wildman–Crippen LogP) is 21.1. The van der Waals surface area contributed by atoms with Gasteiger partial charge in [0.1, 0.15) is 35.2 Å². The lowest BCUT2D eigenvalue weighted by atomic mass is 9.49. The highest BCUT2D eigenvalue weighted by atomic mass is 16.7. The Bertz CT molecular complexity index is 3640. The van der Waals surface area contributed by atoms with Crippen molar-refractivity contribution >= 4 is 53.7 Å². The van der Waals surface area contributed by atoms with Crippen LogP contribution in [-0.4, -0.2) is 138 Å². The van der Waals surface area contributed by atoms with Gasteiger partial charge in [-0.05, 0) is 295 Å². The van der Waals surface area contributed by atoms with E-state index < -0.39 is 112 Å². The number of ether oxygens (including phenoxy) is 11. The summed E-state index contributed by atoms with van der Waals surface area (Å²) in [6.45, 7) is 51.7. The first-order valence-electron chi connectivity index (χ1n) is 44.9. The molecule has 122 heavy (non-hydrogen) atoms. The van der Waals surface area contributed by atoms with Crippen molar-refractivity contribution in [2.45, 2.75) is 352 Å². The Morgan fingerprint density at radius 1 is 0.492 bits per heavy atom. The fourth-order valence-corrected chi connectivity index (χ4v) is 15.7. The van der Waals surface area contributed by atoms with Gasteiger partial charge in [-0.1, -0.05) is 121 Å². The standard InChI is InChI=1S/C27H42O9.C20H32O5.C13H26O3.C12H16O3.2C10H14O.C6H12O2/c1-8-25(6,7)21(29)33-15-18(28)34-19-16-13-17-20(19)35-22(30)27(17,14-16)23(31)36-24(32-12-5)26(9-2,10-3)11-4;1-5-19(2,3)17(22)24-12-16(21)25-18(23-4)20-9-13-6-14(10-20)8-15(7-13)11-20;1-8-13(6,7)12(14)16-11(9(2)3)15-10(4)5;1-4-12(2,3)11(14)15-10-7-5-9(13)6-8-10;2*1-3-8(2)9-4-6-10(11)7-5-9;1-4-6(2,3)5(7)8/h16-17,19-20,24H,8-15H2,1-7H3;13-15,18H,5-12H2,1-4H3;9-11H,8H2,1-7H3;5-8,13H,4H2,1-3H3;2*4-8,11H,3H2,1-2H3;4H2,1-3H3,(H,7,8). The van der Waals surface area contributed by atoms with E-state index in [4.69, 9.17) is 72.5 Å². The Hall–Kier alpha value is -7.83. The number of carbonyl (C=O) groups is 9. The number of rotatable bonds is 35. The van der Waals surface area contributed by atoms with Crippen molar-refractivity contribution in [2.75, 3.05) is 26.9 Å². The number of hydrogen-bond acceptors (Lipinski definition) is 23. The van der Waals surface area contributed by atoms with Gasteiger partial charge in [0.05, 0.1) is 33.2 Å². The van der Waals surface area contributed by atoms with Crippen LogP contribution < -0.4 is 4.74 Å². The van der Waals surface area contributed by atoms with Gasteiger partial charge in [-0.25, -0.2) is 9.59 Å². The molecule has 692 valence electrons. The Morgan fingerprint density at radius 3 is 1.25 bits per heavy atom. The number of esters is 8. The number of fused-ring (bicyclic) bond motifs is 1. The Labute approximate surface area is 730 Å². The monoisotopic (exact) mass is 1720 g/mol. The summed E-state index contributed by atoms with van der Waals surface area (Å²) in [5.41, 5.74) is -1.91. The zero-order valence-corrected chi connectivity index (χ0v) is 79.3. The van der Waals surface area contributed by atoms with Crippen LogP contribution in [0.4, 0.5) is 0 Å². The summed E-state index contributed by atoms with van der Waals surface area (Å²) in [6.07, 6.45) is 12.9. The molecule has 1 heterocycles. The van der Waals surface area contributed by atoms with Gasteiger partial charge < -0.3 is 72.5 Å². The smallest absolute Gasteiger partial charge is 0.346 e. The molecule has 0 spiro atoms. The van der Waals surface area contributed by atoms with Crippen LogP contribution in [0.2, 0.25) is 0 Å². The third-order valence-electron chi connectivity index (χ3n) is 26.6. The first-order valence-corrected chi connectivity index (χ1v) is 44.9. The first-order chi connectivity index (χ1) is 56.9. The second-order valence-electron chi connectivity index (χ2n) is 38.1. The molecule has 0 aromatic heterocycles. The van der Waals surface area contributed by atoms with E-state index in [9.17, 15) is 43.2 Å². The average Bonchev–Trinajstić information content (AvgIpc) is 1.52. The highest BCUT2D eigenvalue weighted by Gasteiger charge is 2.76. The molecule has 6 bridgehead atoms. The van der Waals surface area contributed by atoms with Gasteiger partial charge in [0, 0.05) is 42.3 Å². The molecule has 6 saturated carbocycles. The molecule has 24 nitrogen and oxygen atoms in total. The maximum atomic E-state index is 13.6. The summed E-state index contributed by atoms with van der Waals surface area (Å²) in [7, 11) is 1.61. The SMILES string of the molecule is CCC(C)(C)C(=O)O.CCC(C)(C)C(=O)OC(OC(C)C)C(C)C.CCC(C)(C)C(=O)OCC(=O)OC(OC)C12CC3CC(CC(C3)C1)C2.CCC(C)(C)C(=O)Oc1ccc(O)cc1.CCC(C)c1ccc(O)cc1.CCC(C)c1ccc(O)cc1.CCOC(OC(=O)C12CC3CC1C(OC2=O)C3OC(=O)COC(=O)C(C)(C)CC)C(CC)(CC)CC. The van der Waals surface area contributed by atoms with Crippen LogP contribution in [0.1, 0.15) is 325 Å². The van der Waals surface area contributed by atoms with Gasteiger partial charge in [0.25, 0.3) is 0 Å². The number of aliphatic carboxylic acids is 1. The third kappa shape index (κ3) is 30.5. The zero-order valence-electron chi connectivity index (χ0n) is 79.3. The largest absolute Gasteiger partial charge is 0.508 e. The normalized spacial score (nSPS) is 22.1. The van der Waals surface area contributed by atoms with E-state index in [0.717, 1.165) is 82.0 Å². The minimum atomic E-state index is -1.40. The van der Waals surface area contributed by atoms with E-state index in [1.54, 1.807) is 71.2 Å². The number of methoxy groups -OCH3 is 1. The van der Waals surface area contributed by atoms with Crippen LogP contribution in [0.3, 0.4) is 0 Å². The van der Waals surface area contributed by atoms with Crippen LogP contribution in [0.25, 0.3) is 0 Å². The predicted molar refractivity (Wildman–Crippen MR) is 469 cm³/mol. The molecule has 6 aliphatic carbocycles. The lowest BCUT2D eigenvalue weighted by Gasteiger charge is -2.58. The fourth-order valence-electron chi connectivity index (χ4n) is 15.7. The van der Waals surface area contributed by atoms with E-state index in [1.165, 1.54) is 42.5 Å². The van der Waals surface area contributed by atoms with E-state index in [2.05, 4.69) is 27.7 Å². The van der Waals surface area contributed by atoms with Crippen LogP contribution in [0.5, 0.6) is 23.0 Å². The van der Waals surface area contributed by atoms with Crippen LogP contribution in [0, 0.1) is 78.8 Å². The van der Waals surface area contributed by atoms with Crippen molar-refractivity contribution < 1.29 is 116 Å². The van der Waals surface area contributed by atoms with Crippen LogP contribution in [-0.2, 0) is 90.5 Å². The molecule has 10 unspecified atom stereocenters. The first kappa shape index (κ1) is 108. The molecule has 3 aromatic rings. The molecular weight excluding hydrogens is 1560 g/mol. The Morgan fingerprint density at radius 2 is 0.893 bits per heavy atom. The number of carboxylic acids is 1. The number of carbonyl (C=O) groups excluding carboxylic acids is 8. The zero-order chi connectivity index (χ0) is 92.9.